The molecule has 1 aliphatic heterocycles. The summed E-state index contributed by atoms with van der Waals surface area (Å²) in [5.74, 6) is 0.189. The molecule has 0 amide bonds. The fraction of sp³-hybridized carbons (Fsp3) is 0.882. The maximum Gasteiger partial charge on any atom is 0.311 e. The highest BCUT2D eigenvalue weighted by atomic mass is 16.6. The van der Waals surface area contributed by atoms with Gasteiger partial charge in [-0.15, -0.1) is 0 Å². The fourth-order valence-electron chi connectivity index (χ4n) is 4.27. The smallest absolute Gasteiger partial charge is 0.311 e. The van der Waals surface area contributed by atoms with Gasteiger partial charge < -0.3 is 14.2 Å². The molecule has 0 aromatic heterocycles. The van der Waals surface area contributed by atoms with E-state index in [0.29, 0.717) is 13.2 Å². The summed E-state index contributed by atoms with van der Waals surface area (Å²) >= 11 is 0. The summed E-state index contributed by atoms with van der Waals surface area (Å²) in [7, 11) is 0. The van der Waals surface area contributed by atoms with E-state index in [1.54, 1.807) is 0 Å². The third kappa shape index (κ3) is 2.25. The first-order chi connectivity index (χ1) is 10.4. The van der Waals surface area contributed by atoms with E-state index in [4.69, 9.17) is 14.2 Å². The molecule has 5 nitrogen and oxygen atoms in total. The van der Waals surface area contributed by atoms with Crippen molar-refractivity contribution < 1.29 is 23.8 Å². The van der Waals surface area contributed by atoms with E-state index in [2.05, 4.69) is 0 Å². The van der Waals surface area contributed by atoms with Crippen LogP contribution in [0, 0.1) is 29.1 Å². The topological polar surface area (TPSA) is 61.8 Å². The second kappa shape index (κ2) is 5.52. The zero-order chi connectivity index (χ0) is 16.1. The van der Waals surface area contributed by atoms with Gasteiger partial charge in [-0.1, -0.05) is 6.92 Å². The Morgan fingerprint density at radius 1 is 1.23 bits per heavy atom. The average Bonchev–Trinajstić information content (AvgIpc) is 3.13. The van der Waals surface area contributed by atoms with Gasteiger partial charge in [0.1, 0.15) is 6.10 Å². The molecule has 2 aliphatic carbocycles. The van der Waals surface area contributed by atoms with Gasteiger partial charge in [0.05, 0.1) is 24.0 Å². The molecule has 22 heavy (non-hydrogen) atoms. The number of esters is 2. The number of carbonyl (C=O) groups excluding carboxylic acids is 2. The minimum Gasteiger partial charge on any atom is -0.465 e. The Bertz CT molecular complexity index is 472. The molecule has 2 saturated carbocycles. The summed E-state index contributed by atoms with van der Waals surface area (Å²) in [5, 5.41) is 0. The second-order valence-corrected chi connectivity index (χ2v) is 7.41. The van der Waals surface area contributed by atoms with Gasteiger partial charge in [0.25, 0.3) is 0 Å². The lowest BCUT2D eigenvalue weighted by Gasteiger charge is -2.36. The van der Waals surface area contributed by atoms with Gasteiger partial charge in [-0.25, -0.2) is 0 Å². The van der Waals surface area contributed by atoms with E-state index in [-0.39, 0.29) is 47.8 Å². The van der Waals surface area contributed by atoms with Crippen LogP contribution in [-0.2, 0) is 23.8 Å². The Labute approximate surface area is 131 Å². The predicted molar refractivity (Wildman–Crippen MR) is 78.9 cm³/mol. The third-order valence-electron chi connectivity index (χ3n) is 5.91. The van der Waals surface area contributed by atoms with Crippen LogP contribution in [0.25, 0.3) is 0 Å². The number of fused-ring (bicyclic) bond motifs is 5. The van der Waals surface area contributed by atoms with Crippen LogP contribution in [0.4, 0.5) is 0 Å². The van der Waals surface area contributed by atoms with Gasteiger partial charge in [-0.2, -0.15) is 0 Å². The highest BCUT2D eigenvalue weighted by Gasteiger charge is 2.65. The molecule has 1 heterocycles. The predicted octanol–water partition coefficient (Wildman–Crippen LogP) is 2.18. The first kappa shape index (κ1) is 15.8. The molecule has 3 rings (SSSR count). The molecule has 124 valence electrons. The van der Waals surface area contributed by atoms with Crippen LogP contribution in [0.5, 0.6) is 0 Å². The summed E-state index contributed by atoms with van der Waals surface area (Å²) in [6.45, 7) is 8.76. The quantitative estimate of drug-likeness (QED) is 0.728. The lowest BCUT2D eigenvalue weighted by molar-refractivity contribution is -0.176. The molecule has 0 aromatic rings. The van der Waals surface area contributed by atoms with E-state index in [1.165, 1.54) is 0 Å². The maximum absolute atomic E-state index is 12.5. The molecule has 0 spiro atoms. The molecule has 0 aromatic carbocycles. The van der Waals surface area contributed by atoms with Crippen molar-refractivity contribution in [1.82, 2.24) is 0 Å². The van der Waals surface area contributed by atoms with E-state index >= 15 is 0 Å². The number of hydrogen-bond acceptors (Lipinski definition) is 5. The number of hydrogen-bond donors (Lipinski definition) is 0. The SMILES string of the molecule is CCOC1C2CC(C3COC(=O)C32)C1OC(=O)C(C)(C)CC. The minimum atomic E-state index is -0.486. The van der Waals surface area contributed by atoms with Crippen LogP contribution >= 0.6 is 0 Å². The van der Waals surface area contributed by atoms with E-state index in [1.807, 2.05) is 27.7 Å². The summed E-state index contributed by atoms with van der Waals surface area (Å²) in [4.78, 5) is 24.4. The Balaban J connectivity index is 1.79. The van der Waals surface area contributed by atoms with Gasteiger partial charge in [0.2, 0.25) is 0 Å². The van der Waals surface area contributed by atoms with Crippen molar-refractivity contribution in [2.45, 2.75) is 52.7 Å². The van der Waals surface area contributed by atoms with Crippen LogP contribution in [0.2, 0.25) is 0 Å². The van der Waals surface area contributed by atoms with Crippen LogP contribution in [0.3, 0.4) is 0 Å². The van der Waals surface area contributed by atoms with Crippen LogP contribution in [0.1, 0.15) is 40.5 Å². The largest absolute Gasteiger partial charge is 0.465 e. The Hall–Kier alpha value is -1.10. The average molecular weight is 310 g/mol. The molecule has 3 fully saturated rings. The molecule has 1 saturated heterocycles. The van der Waals surface area contributed by atoms with Crippen molar-refractivity contribution in [3.8, 4) is 0 Å². The van der Waals surface area contributed by atoms with Gasteiger partial charge in [-0.05, 0) is 33.6 Å². The highest BCUT2D eigenvalue weighted by molar-refractivity contribution is 5.77. The summed E-state index contributed by atoms with van der Waals surface area (Å²) < 4.78 is 17.0. The normalized spacial score (nSPS) is 39.7. The molecular weight excluding hydrogens is 284 g/mol. The minimum absolute atomic E-state index is 0.0595. The molecule has 0 N–H and O–H groups in total. The van der Waals surface area contributed by atoms with Crippen molar-refractivity contribution in [2.75, 3.05) is 13.2 Å². The molecule has 3 aliphatic rings. The van der Waals surface area contributed by atoms with Gasteiger partial charge in [0.15, 0.2) is 0 Å². The monoisotopic (exact) mass is 310 g/mol. The third-order valence-corrected chi connectivity index (χ3v) is 5.91. The molecule has 2 bridgehead atoms. The summed E-state index contributed by atoms with van der Waals surface area (Å²) in [5.41, 5.74) is -0.486. The van der Waals surface area contributed by atoms with Gasteiger partial charge >= 0.3 is 11.9 Å². The molecule has 5 heteroatoms. The standard InChI is InChI=1S/C17H26O5/c1-5-17(3,4)16(19)22-14-9-7-10(13(14)20-6-2)12-11(9)8-21-15(12)18/h9-14H,5-8H2,1-4H3. The highest BCUT2D eigenvalue weighted by Crippen LogP contribution is 2.57. The van der Waals surface area contributed by atoms with Crippen LogP contribution < -0.4 is 0 Å². The number of ether oxygens (including phenoxy) is 3. The summed E-state index contributed by atoms with van der Waals surface area (Å²) in [6, 6.07) is 0. The zero-order valence-corrected chi connectivity index (χ0v) is 13.8. The molecular formula is C17H26O5. The number of rotatable bonds is 5. The van der Waals surface area contributed by atoms with Gasteiger partial charge in [0, 0.05) is 24.4 Å². The van der Waals surface area contributed by atoms with Crippen molar-refractivity contribution in [1.29, 1.82) is 0 Å². The number of cyclic esters (lactones) is 1. The lowest BCUT2D eigenvalue weighted by atomic mass is 9.78. The van der Waals surface area contributed by atoms with E-state index < -0.39 is 5.41 Å². The van der Waals surface area contributed by atoms with Crippen LogP contribution in [-0.4, -0.2) is 37.4 Å². The lowest BCUT2D eigenvalue weighted by Crippen LogP contribution is -2.47. The van der Waals surface area contributed by atoms with Crippen LogP contribution in [0.15, 0.2) is 0 Å². The Morgan fingerprint density at radius 3 is 2.59 bits per heavy atom. The van der Waals surface area contributed by atoms with Crippen molar-refractivity contribution in [3.05, 3.63) is 0 Å². The summed E-state index contributed by atoms with van der Waals surface area (Å²) in [6.07, 6.45) is 1.23. The molecule has 6 unspecified atom stereocenters. The first-order valence-electron chi connectivity index (χ1n) is 8.40. The first-order valence-corrected chi connectivity index (χ1v) is 8.40. The Kier molecular flexibility index (Phi) is 3.96. The fourth-order valence-corrected chi connectivity index (χ4v) is 4.27. The van der Waals surface area contributed by atoms with Gasteiger partial charge in [-0.3, -0.25) is 9.59 Å². The molecule has 0 radical (unpaired) electrons. The molecule has 6 atom stereocenters. The maximum atomic E-state index is 12.5. The number of carbonyl (C=O) groups is 2. The van der Waals surface area contributed by atoms with E-state index in [0.717, 1.165) is 12.8 Å². The van der Waals surface area contributed by atoms with Crippen molar-refractivity contribution >= 4 is 11.9 Å². The zero-order valence-electron chi connectivity index (χ0n) is 13.8. The van der Waals surface area contributed by atoms with Crippen molar-refractivity contribution in [3.63, 3.8) is 0 Å². The van der Waals surface area contributed by atoms with Crippen molar-refractivity contribution in [2.24, 2.45) is 29.1 Å². The second-order valence-electron chi connectivity index (χ2n) is 7.41. The Morgan fingerprint density at radius 2 is 1.95 bits per heavy atom. The van der Waals surface area contributed by atoms with E-state index in [9.17, 15) is 9.59 Å².